The van der Waals surface area contributed by atoms with Crippen LogP contribution in [0.15, 0.2) is 30.3 Å². The van der Waals surface area contributed by atoms with E-state index in [4.69, 9.17) is 18.9 Å². The maximum absolute atomic E-state index is 12.0. The lowest BCUT2D eigenvalue weighted by atomic mass is 9.98. The topological polar surface area (TPSA) is 129 Å². The van der Waals surface area contributed by atoms with Gasteiger partial charge in [0.25, 0.3) is 0 Å². The first kappa shape index (κ1) is 19.8. The molecule has 0 aliphatic carbocycles. The van der Waals surface area contributed by atoms with Gasteiger partial charge in [0.2, 0.25) is 0 Å². The molecule has 142 valence electrons. The Kier molecular flexibility index (Phi) is 6.67. The summed E-state index contributed by atoms with van der Waals surface area (Å²) in [4.78, 5) is 34.4. The van der Waals surface area contributed by atoms with Crippen LogP contribution in [0.1, 0.15) is 24.2 Å². The number of aliphatic hydroxyl groups is 2. The van der Waals surface area contributed by atoms with E-state index in [0.717, 1.165) is 13.8 Å². The van der Waals surface area contributed by atoms with Crippen LogP contribution < -0.4 is 0 Å². The molecule has 0 bridgehead atoms. The van der Waals surface area contributed by atoms with E-state index in [2.05, 4.69) is 0 Å². The van der Waals surface area contributed by atoms with E-state index >= 15 is 0 Å². The van der Waals surface area contributed by atoms with Crippen LogP contribution >= 0.6 is 0 Å². The molecule has 1 fully saturated rings. The first-order valence-corrected chi connectivity index (χ1v) is 7.87. The monoisotopic (exact) mass is 368 g/mol. The van der Waals surface area contributed by atoms with Gasteiger partial charge in [0.05, 0.1) is 5.56 Å². The second-order valence-corrected chi connectivity index (χ2v) is 5.67. The minimum absolute atomic E-state index is 0.299. The number of hydrogen-bond acceptors (Lipinski definition) is 9. The van der Waals surface area contributed by atoms with Crippen molar-refractivity contribution in [2.75, 3.05) is 6.61 Å². The zero-order valence-corrected chi connectivity index (χ0v) is 14.2. The normalized spacial score (nSPS) is 28.1. The zero-order valence-electron chi connectivity index (χ0n) is 14.2. The predicted molar refractivity (Wildman–Crippen MR) is 84.7 cm³/mol. The van der Waals surface area contributed by atoms with Crippen LogP contribution in [-0.4, -0.2) is 65.4 Å². The van der Waals surface area contributed by atoms with Crippen molar-refractivity contribution in [3.05, 3.63) is 35.9 Å². The molecule has 0 radical (unpaired) electrons. The summed E-state index contributed by atoms with van der Waals surface area (Å²) in [5, 5.41) is 20.4. The molecule has 0 saturated carbocycles. The number of ether oxygens (including phenoxy) is 4. The first-order valence-electron chi connectivity index (χ1n) is 7.87. The number of esters is 3. The van der Waals surface area contributed by atoms with Crippen LogP contribution in [0.2, 0.25) is 0 Å². The molecule has 1 aromatic rings. The molecule has 1 aromatic carbocycles. The van der Waals surface area contributed by atoms with Crippen molar-refractivity contribution in [3.8, 4) is 0 Å². The predicted octanol–water partition coefficient (Wildman–Crippen LogP) is -0.215. The molecule has 2 N–H and O–H groups in total. The van der Waals surface area contributed by atoms with E-state index in [1.54, 1.807) is 30.3 Å². The molecular formula is C17H20O9. The molecule has 0 aromatic heterocycles. The van der Waals surface area contributed by atoms with E-state index in [1.807, 2.05) is 0 Å². The highest BCUT2D eigenvalue weighted by atomic mass is 16.7. The third kappa shape index (κ3) is 5.01. The SMILES string of the molecule is CC(=O)OC1C(OC(C)=O)[C@@H](O)OC(COC(=O)c2ccccc2)[C@H]1O. The Balaban J connectivity index is 2.06. The van der Waals surface area contributed by atoms with Crippen molar-refractivity contribution in [1.29, 1.82) is 0 Å². The Hall–Kier alpha value is -2.49. The van der Waals surface area contributed by atoms with Crippen LogP contribution in [0.4, 0.5) is 0 Å². The quantitative estimate of drug-likeness (QED) is 0.535. The van der Waals surface area contributed by atoms with Gasteiger partial charge in [0, 0.05) is 13.8 Å². The summed E-state index contributed by atoms with van der Waals surface area (Å²) >= 11 is 0. The summed E-state index contributed by atoms with van der Waals surface area (Å²) in [6.45, 7) is 1.79. The summed E-state index contributed by atoms with van der Waals surface area (Å²) in [6, 6.07) is 8.15. The average molecular weight is 368 g/mol. The lowest BCUT2D eigenvalue weighted by molar-refractivity contribution is -0.292. The Morgan fingerprint density at radius 1 is 1.00 bits per heavy atom. The minimum Gasteiger partial charge on any atom is -0.459 e. The van der Waals surface area contributed by atoms with E-state index < -0.39 is 55.2 Å². The van der Waals surface area contributed by atoms with Crippen LogP contribution in [0.5, 0.6) is 0 Å². The molecule has 1 saturated heterocycles. The van der Waals surface area contributed by atoms with Gasteiger partial charge >= 0.3 is 17.9 Å². The first-order chi connectivity index (χ1) is 12.3. The van der Waals surface area contributed by atoms with Crippen molar-refractivity contribution in [2.45, 2.75) is 44.6 Å². The number of rotatable bonds is 5. The summed E-state index contributed by atoms with van der Waals surface area (Å²) in [6.07, 6.45) is -7.14. The fourth-order valence-electron chi connectivity index (χ4n) is 2.50. The van der Waals surface area contributed by atoms with Gasteiger partial charge in [-0.25, -0.2) is 4.79 Å². The van der Waals surface area contributed by atoms with Gasteiger partial charge in [-0.15, -0.1) is 0 Å². The van der Waals surface area contributed by atoms with Crippen molar-refractivity contribution in [2.24, 2.45) is 0 Å². The molecule has 0 amide bonds. The summed E-state index contributed by atoms with van der Waals surface area (Å²) < 4.78 is 20.1. The fourth-order valence-corrected chi connectivity index (χ4v) is 2.50. The molecular weight excluding hydrogens is 348 g/mol. The standard InChI is InChI=1S/C17H20O9/c1-9(18)24-14-13(20)12(26-17(22)15(14)25-10(2)19)8-23-16(21)11-6-4-3-5-7-11/h3-7,12-15,17,20,22H,8H2,1-2H3/t12?,13-,14?,15?,17+/m1/s1. The van der Waals surface area contributed by atoms with Gasteiger partial charge in [-0.05, 0) is 12.1 Å². The van der Waals surface area contributed by atoms with Gasteiger partial charge in [-0.3, -0.25) is 9.59 Å². The lowest BCUT2D eigenvalue weighted by Gasteiger charge is -2.41. The smallest absolute Gasteiger partial charge is 0.338 e. The van der Waals surface area contributed by atoms with Crippen LogP contribution in [0.3, 0.4) is 0 Å². The molecule has 9 heteroatoms. The lowest BCUT2D eigenvalue weighted by Crippen LogP contribution is -2.61. The Morgan fingerprint density at radius 3 is 2.15 bits per heavy atom. The van der Waals surface area contributed by atoms with Crippen molar-refractivity contribution in [1.82, 2.24) is 0 Å². The van der Waals surface area contributed by atoms with Gasteiger partial charge in [-0.1, -0.05) is 18.2 Å². The highest BCUT2D eigenvalue weighted by molar-refractivity contribution is 5.89. The van der Waals surface area contributed by atoms with Gasteiger partial charge in [0.1, 0.15) is 18.8 Å². The molecule has 1 aliphatic rings. The van der Waals surface area contributed by atoms with Gasteiger partial charge in [0.15, 0.2) is 18.5 Å². The third-order valence-electron chi connectivity index (χ3n) is 3.63. The van der Waals surface area contributed by atoms with Crippen LogP contribution in [0, 0.1) is 0 Å². The number of aliphatic hydroxyl groups excluding tert-OH is 2. The second-order valence-electron chi connectivity index (χ2n) is 5.67. The van der Waals surface area contributed by atoms with E-state index in [9.17, 15) is 24.6 Å². The van der Waals surface area contributed by atoms with Gasteiger partial charge in [-0.2, -0.15) is 0 Å². The third-order valence-corrected chi connectivity index (χ3v) is 3.63. The number of carbonyl (C=O) groups excluding carboxylic acids is 3. The Labute approximate surface area is 149 Å². The highest BCUT2D eigenvalue weighted by Crippen LogP contribution is 2.25. The zero-order chi connectivity index (χ0) is 19.3. The highest BCUT2D eigenvalue weighted by Gasteiger charge is 2.49. The van der Waals surface area contributed by atoms with Gasteiger partial charge < -0.3 is 29.2 Å². The molecule has 5 atom stereocenters. The number of benzene rings is 1. The van der Waals surface area contributed by atoms with E-state index in [0.29, 0.717) is 5.56 Å². The van der Waals surface area contributed by atoms with Crippen molar-refractivity contribution < 1.29 is 43.5 Å². The maximum atomic E-state index is 12.0. The van der Waals surface area contributed by atoms with Crippen LogP contribution in [-0.2, 0) is 28.5 Å². The largest absolute Gasteiger partial charge is 0.459 e. The molecule has 9 nitrogen and oxygen atoms in total. The second kappa shape index (κ2) is 8.75. The molecule has 2 rings (SSSR count). The molecule has 0 spiro atoms. The Bertz CT molecular complexity index is 645. The molecule has 26 heavy (non-hydrogen) atoms. The summed E-state index contributed by atoms with van der Waals surface area (Å²) in [7, 11) is 0. The van der Waals surface area contributed by atoms with E-state index in [1.165, 1.54) is 0 Å². The summed E-state index contributed by atoms with van der Waals surface area (Å²) in [5.41, 5.74) is 0.299. The number of hydrogen-bond donors (Lipinski definition) is 2. The van der Waals surface area contributed by atoms with Crippen molar-refractivity contribution >= 4 is 17.9 Å². The van der Waals surface area contributed by atoms with Crippen LogP contribution in [0.25, 0.3) is 0 Å². The van der Waals surface area contributed by atoms with Crippen molar-refractivity contribution in [3.63, 3.8) is 0 Å². The minimum atomic E-state index is -1.67. The molecule has 1 aliphatic heterocycles. The number of carbonyl (C=O) groups is 3. The molecule has 3 unspecified atom stereocenters. The fraction of sp³-hybridized carbons (Fsp3) is 0.471. The molecule has 1 heterocycles. The Morgan fingerprint density at radius 2 is 1.58 bits per heavy atom. The van der Waals surface area contributed by atoms with E-state index in [-0.39, 0.29) is 0 Å². The average Bonchev–Trinajstić information content (AvgIpc) is 2.59. The maximum Gasteiger partial charge on any atom is 0.338 e. The summed E-state index contributed by atoms with van der Waals surface area (Å²) in [5.74, 6) is -2.15.